The smallest absolute Gasteiger partial charge is 0.268 e. The molecule has 2 aromatic rings. The summed E-state index contributed by atoms with van der Waals surface area (Å²) < 4.78 is 12.7. The number of carbonyl (C=O) groups excluding carboxylic acids is 2. The van der Waals surface area contributed by atoms with Gasteiger partial charge < -0.3 is 0 Å². The van der Waals surface area contributed by atoms with Crippen molar-refractivity contribution in [1.82, 2.24) is 10.9 Å². The lowest BCUT2D eigenvalue weighted by Gasteiger charge is -2.05. The molecule has 0 unspecified atom stereocenters. The van der Waals surface area contributed by atoms with Gasteiger partial charge in [0.05, 0.1) is 4.92 Å². The first-order valence-electron chi connectivity index (χ1n) is 6.74. The summed E-state index contributed by atoms with van der Waals surface area (Å²) in [6, 6.07) is 10.6. The fourth-order valence-corrected chi connectivity index (χ4v) is 1.74. The van der Waals surface area contributed by atoms with Crippen LogP contribution in [0.4, 0.5) is 10.1 Å². The van der Waals surface area contributed by atoms with Gasteiger partial charge in [-0.25, -0.2) is 4.39 Å². The molecule has 0 aliphatic heterocycles. The molecular formula is C16H12FN3O4. The van der Waals surface area contributed by atoms with Gasteiger partial charge in [0.25, 0.3) is 17.5 Å². The fourth-order valence-electron chi connectivity index (χ4n) is 1.74. The Morgan fingerprint density at radius 2 is 1.79 bits per heavy atom. The molecule has 0 aliphatic rings. The molecule has 24 heavy (non-hydrogen) atoms. The van der Waals surface area contributed by atoms with Crippen LogP contribution >= 0.6 is 0 Å². The van der Waals surface area contributed by atoms with Crippen LogP contribution in [0.3, 0.4) is 0 Å². The summed E-state index contributed by atoms with van der Waals surface area (Å²) >= 11 is 0. The van der Waals surface area contributed by atoms with Crippen molar-refractivity contribution in [2.24, 2.45) is 0 Å². The first-order chi connectivity index (χ1) is 11.5. The molecule has 0 spiro atoms. The van der Waals surface area contributed by atoms with Crippen molar-refractivity contribution in [1.29, 1.82) is 0 Å². The number of nitro groups is 1. The molecule has 2 aromatic carbocycles. The van der Waals surface area contributed by atoms with E-state index in [1.54, 1.807) is 0 Å². The van der Waals surface area contributed by atoms with Gasteiger partial charge in [0.15, 0.2) is 0 Å². The molecule has 0 atom stereocenters. The molecule has 2 N–H and O–H groups in total. The van der Waals surface area contributed by atoms with Gasteiger partial charge in [-0.15, -0.1) is 0 Å². The van der Waals surface area contributed by atoms with Gasteiger partial charge in [-0.1, -0.05) is 18.2 Å². The molecule has 2 amide bonds. The van der Waals surface area contributed by atoms with Crippen LogP contribution in [0.2, 0.25) is 0 Å². The Hall–Kier alpha value is -3.55. The number of nitro benzene ring substituents is 1. The van der Waals surface area contributed by atoms with E-state index in [0.717, 1.165) is 12.1 Å². The zero-order valence-corrected chi connectivity index (χ0v) is 12.2. The first-order valence-corrected chi connectivity index (χ1v) is 6.74. The third-order valence-electron chi connectivity index (χ3n) is 2.92. The number of nitrogens with one attached hydrogen (secondary N) is 2. The van der Waals surface area contributed by atoms with E-state index >= 15 is 0 Å². The fraction of sp³-hybridized carbons (Fsp3) is 0. The Labute approximate surface area is 135 Å². The van der Waals surface area contributed by atoms with Crippen LogP contribution in [0.5, 0.6) is 0 Å². The van der Waals surface area contributed by atoms with E-state index in [9.17, 15) is 24.1 Å². The summed E-state index contributed by atoms with van der Waals surface area (Å²) in [6.07, 6.45) is 2.59. The molecule has 0 heterocycles. The predicted molar refractivity (Wildman–Crippen MR) is 84.1 cm³/mol. The second-order valence-electron chi connectivity index (χ2n) is 4.64. The maximum absolute atomic E-state index is 12.7. The number of rotatable bonds is 4. The van der Waals surface area contributed by atoms with Crippen molar-refractivity contribution in [2.45, 2.75) is 0 Å². The molecule has 0 aliphatic carbocycles. The maximum atomic E-state index is 12.7. The minimum absolute atomic E-state index is 0.0343. The number of hydrogen-bond donors (Lipinski definition) is 2. The Kier molecular flexibility index (Phi) is 5.35. The monoisotopic (exact) mass is 329 g/mol. The summed E-state index contributed by atoms with van der Waals surface area (Å²) in [5.41, 5.74) is 4.69. The van der Waals surface area contributed by atoms with Gasteiger partial charge in [-0.3, -0.25) is 30.6 Å². The molecule has 8 heteroatoms. The van der Waals surface area contributed by atoms with Crippen molar-refractivity contribution < 1.29 is 18.9 Å². The molecule has 0 bridgehead atoms. The zero-order valence-electron chi connectivity index (χ0n) is 12.2. The number of amides is 2. The number of halogens is 1. The Morgan fingerprint density at radius 1 is 1.08 bits per heavy atom. The number of carbonyl (C=O) groups is 2. The van der Waals surface area contributed by atoms with Gasteiger partial charge in [0.1, 0.15) is 5.82 Å². The van der Waals surface area contributed by atoms with Crippen molar-refractivity contribution in [2.75, 3.05) is 0 Å². The second kappa shape index (κ2) is 7.63. The molecule has 0 aromatic heterocycles. The first kappa shape index (κ1) is 16.8. The summed E-state index contributed by atoms with van der Waals surface area (Å²) in [7, 11) is 0. The normalized spacial score (nSPS) is 10.4. The average Bonchev–Trinajstić information content (AvgIpc) is 2.59. The summed E-state index contributed by atoms with van der Waals surface area (Å²) in [6.45, 7) is 0. The highest BCUT2D eigenvalue weighted by atomic mass is 19.1. The molecule has 0 saturated heterocycles. The average molecular weight is 329 g/mol. The van der Waals surface area contributed by atoms with E-state index < -0.39 is 16.7 Å². The minimum atomic E-state index is -0.692. The Balaban J connectivity index is 1.91. The number of benzene rings is 2. The quantitative estimate of drug-likeness (QED) is 0.510. The molecule has 2 rings (SSSR count). The number of nitrogens with zero attached hydrogens (tertiary/aromatic N) is 1. The maximum Gasteiger partial charge on any atom is 0.270 e. The van der Waals surface area contributed by atoms with Crippen molar-refractivity contribution in [3.63, 3.8) is 0 Å². The van der Waals surface area contributed by atoms with E-state index in [4.69, 9.17) is 0 Å². The van der Waals surface area contributed by atoms with Gasteiger partial charge >= 0.3 is 0 Å². The van der Waals surface area contributed by atoms with E-state index in [-0.39, 0.29) is 17.1 Å². The van der Waals surface area contributed by atoms with Crippen molar-refractivity contribution in [3.8, 4) is 0 Å². The lowest BCUT2D eigenvalue weighted by molar-refractivity contribution is -0.384. The van der Waals surface area contributed by atoms with Gasteiger partial charge in [-0.05, 0) is 29.8 Å². The topological polar surface area (TPSA) is 101 Å². The number of non-ortho nitro benzene ring substituents is 1. The van der Waals surface area contributed by atoms with Crippen molar-refractivity contribution >= 4 is 23.6 Å². The zero-order chi connectivity index (χ0) is 17.5. The molecule has 7 nitrogen and oxygen atoms in total. The third-order valence-corrected chi connectivity index (χ3v) is 2.92. The predicted octanol–water partition coefficient (Wildman–Crippen LogP) is 2.21. The highest BCUT2D eigenvalue weighted by Crippen LogP contribution is 2.12. The summed E-state index contributed by atoms with van der Waals surface area (Å²) in [5.74, 6) is -1.69. The lowest BCUT2D eigenvalue weighted by atomic mass is 10.2. The van der Waals surface area contributed by atoms with Gasteiger partial charge in [0.2, 0.25) is 0 Å². The van der Waals surface area contributed by atoms with Crippen LogP contribution in [0.25, 0.3) is 6.08 Å². The van der Waals surface area contributed by atoms with Crippen LogP contribution in [0.1, 0.15) is 15.9 Å². The molecular weight excluding hydrogens is 317 g/mol. The van der Waals surface area contributed by atoms with Gasteiger partial charge in [0, 0.05) is 23.8 Å². The Bertz CT molecular complexity index is 803. The van der Waals surface area contributed by atoms with Crippen LogP contribution in [-0.4, -0.2) is 16.7 Å². The minimum Gasteiger partial charge on any atom is -0.268 e. The Morgan fingerprint density at radius 3 is 2.46 bits per heavy atom. The van der Waals surface area contributed by atoms with E-state index in [1.807, 2.05) is 0 Å². The summed E-state index contributed by atoms with van der Waals surface area (Å²) in [4.78, 5) is 33.5. The molecule has 0 radical (unpaired) electrons. The molecule has 0 saturated carbocycles. The van der Waals surface area contributed by atoms with Crippen LogP contribution < -0.4 is 10.9 Å². The van der Waals surface area contributed by atoms with Crippen molar-refractivity contribution in [3.05, 3.63) is 81.7 Å². The number of hydrazine groups is 1. The summed E-state index contributed by atoms with van der Waals surface area (Å²) in [5, 5.41) is 10.7. The van der Waals surface area contributed by atoms with Crippen LogP contribution in [0.15, 0.2) is 54.6 Å². The highest BCUT2D eigenvalue weighted by molar-refractivity contribution is 5.98. The van der Waals surface area contributed by atoms with Crippen LogP contribution in [-0.2, 0) is 4.79 Å². The van der Waals surface area contributed by atoms with E-state index in [0.29, 0.717) is 5.56 Å². The van der Waals surface area contributed by atoms with E-state index in [2.05, 4.69) is 10.9 Å². The third kappa shape index (κ3) is 4.73. The largest absolute Gasteiger partial charge is 0.270 e. The molecule has 0 fully saturated rings. The van der Waals surface area contributed by atoms with E-state index in [1.165, 1.54) is 48.5 Å². The number of hydrogen-bond acceptors (Lipinski definition) is 4. The lowest BCUT2D eigenvalue weighted by Crippen LogP contribution is -2.40. The second-order valence-corrected chi connectivity index (χ2v) is 4.64. The molecule has 122 valence electrons. The highest BCUT2D eigenvalue weighted by Gasteiger charge is 2.11. The SMILES string of the molecule is O=C(C=Cc1ccc(F)cc1)NNC(=O)c1cccc([N+](=O)[O-])c1. The van der Waals surface area contributed by atoms with Gasteiger partial charge in [-0.2, -0.15) is 0 Å². The van der Waals surface area contributed by atoms with Crippen LogP contribution in [0, 0.1) is 15.9 Å². The standard InChI is InChI=1S/C16H12FN3O4/c17-13-7-4-11(5-8-13)6-9-15(21)18-19-16(22)12-2-1-3-14(10-12)20(23)24/h1-10H,(H,18,21)(H,19,22).